The minimum Gasteiger partial charge on any atom is -0.504 e. The lowest BCUT2D eigenvalue weighted by molar-refractivity contribution is 0.243. The second-order valence-corrected chi connectivity index (χ2v) is 5.14. The van der Waals surface area contributed by atoms with Gasteiger partial charge in [0.2, 0.25) is 0 Å². The van der Waals surface area contributed by atoms with Gasteiger partial charge in [-0.15, -0.1) is 0 Å². The average molecular weight is 330 g/mol. The molecule has 24 heavy (non-hydrogen) atoms. The largest absolute Gasteiger partial charge is 0.504 e. The van der Waals surface area contributed by atoms with Crippen molar-refractivity contribution in [3.05, 3.63) is 46.9 Å². The molecule has 1 aliphatic carbocycles. The number of phenols is 1. The normalized spacial score (nSPS) is 15.2. The first-order valence-electron chi connectivity index (χ1n) is 7.69. The van der Waals surface area contributed by atoms with Gasteiger partial charge in [-0.25, -0.2) is 0 Å². The van der Waals surface area contributed by atoms with Gasteiger partial charge in [-0.2, -0.15) is 0 Å². The Bertz CT molecular complexity index is 690. The standard InChI is InChI=1S/C18H22N2O4/c1-23-15-7-3-5-13(17(15)21)11-19-9-10-20-12-14-6-4-8-16(24-2)18(14)22/h3,5-7,11-12,21-22H,4,8-10H2,1-2H3. The Morgan fingerprint density at radius 2 is 1.83 bits per heavy atom. The monoisotopic (exact) mass is 330 g/mol. The molecule has 0 aliphatic heterocycles. The van der Waals surface area contributed by atoms with Gasteiger partial charge in [-0.05, 0) is 18.6 Å². The summed E-state index contributed by atoms with van der Waals surface area (Å²) in [6.45, 7) is 0.955. The molecule has 0 spiro atoms. The lowest BCUT2D eigenvalue weighted by Crippen LogP contribution is -2.04. The first kappa shape index (κ1) is 17.6. The molecule has 128 valence electrons. The van der Waals surface area contributed by atoms with Gasteiger partial charge >= 0.3 is 0 Å². The highest BCUT2D eigenvalue weighted by Crippen LogP contribution is 2.28. The molecule has 1 aliphatic rings. The predicted octanol–water partition coefficient (Wildman–Crippen LogP) is 3.03. The first-order valence-corrected chi connectivity index (χ1v) is 7.69. The number of hydrogen-bond acceptors (Lipinski definition) is 6. The number of allylic oxidation sites excluding steroid dienone is 3. The van der Waals surface area contributed by atoms with Crippen molar-refractivity contribution in [2.75, 3.05) is 27.3 Å². The number of nitrogens with zero attached hydrogens (tertiary/aromatic N) is 2. The summed E-state index contributed by atoms with van der Waals surface area (Å²) in [7, 11) is 3.05. The molecule has 0 atom stereocenters. The van der Waals surface area contributed by atoms with Crippen molar-refractivity contribution in [2.45, 2.75) is 12.8 Å². The van der Waals surface area contributed by atoms with Crippen LogP contribution in [0.2, 0.25) is 0 Å². The lowest BCUT2D eigenvalue weighted by atomic mass is 10.0. The van der Waals surface area contributed by atoms with E-state index in [1.165, 1.54) is 7.11 Å². The van der Waals surface area contributed by atoms with Gasteiger partial charge in [0.25, 0.3) is 0 Å². The van der Waals surface area contributed by atoms with E-state index >= 15 is 0 Å². The highest BCUT2D eigenvalue weighted by atomic mass is 16.5. The van der Waals surface area contributed by atoms with Gasteiger partial charge in [-0.3, -0.25) is 9.98 Å². The van der Waals surface area contributed by atoms with Gasteiger partial charge in [0.15, 0.2) is 17.3 Å². The van der Waals surface area contributed by atoms with Gasteiger partial charge in [0.05, 0.1) is 27.3 Å². The van der Waals surface area contributed by atoms with E-state index in [9.17, 15) is 10.2 Å². The Balaban J connectivity index is 1.87. The zero-order valence-corrected chi connectivity index (χ0v) is 13.9. The topological polar surface area (TPSA) is 83.6 Å². The quantitative estimate of drug-likeness (QED) is 0.594. The smallest absolute Gasteiger partial charge is 0.166 e. The molecule has 0 amide bonds. The van der Waals surface area contributed by atoms with E-state index in [-0.39, 0.29) is 11.5 Å². The number of aromatic hydroxyl groups is 1. The molecule has 1 aromatic carbocycles. The maximum atomic E-state index is 9.99. The Kier molecular flexibility index (Phi) is 6.42. The zero-order valence-electron chi connectivity index (χ0n) is 13.9. The van der Waals surface area contributed by atoms with Crippen molar-refractivity contribution in [3.8, 4) is 11.5 Å². The van der Waals surface area contributed by atoms with Crippen LogP contribution in [0.4, 0.5) is 0 Å². The molecule has 2 rings (SSSR count). The van der Waals surface area contributed by atoms with Crippen molar-refractivity contribution in [1.29, 1.82) is 0 Å². The Labute approximate surface area is 141 Å². The van der Waals surface area contributed by atoms with Crippen LogP contribution in [0.5, 0.6) is 11.5 Å². The number of para-hydroxylation sites is 1. The number of methoxy groups -OCH3 is 2. The Morgan fingerprint density at radius 3 is 2.54 bits per heavy atom. The van der Waals surface area contributed by atoms with E-state index in [2.05, 4.69) is 9.98 Å². The zero-order chi connectivity index (χ0) is 17.4. The Morgan fingerprint density at radius 1 is 1.08 bits per heavy atom. The molecule has 0 fully saturated rings. The molecule has 0 bridgehead atoms. The summed E-state index contributed by atoms with van der Waals surface area (Å²) in [6.07, 6.45) is 6.68. The number of benzene rings is 1. The van der Waals surface area contributed by atoms with Crippen LogP contribution in [0.25, 0.3) is 0 Å². The van der Waals surface area contributed by atoms with Crippen LogP contribution in [0.15, 0.2) is 51.4 Å². The fraction of sp³-hybridized carbons (Fsp3) is 0.333. The Hall–Kier alpha value is -2.76. The van der Waals surface area contributed by atoms with Crippen LogP contribution in [0.3, 0.4) is 0 Å². The molecule has 6 nitrogen and oxygen atoms in total. The van der Waals surface area contributed by atoms with Crippen molar-refractivity contribution in [2.24, 2.45) is 9.98 Å². The molecule has 0 aromatic heterocycles. The minimum atomic E-state index is 0.0711. The van der Waals surface area contributed by atoms with Crippen LogP contribution in [0, 0.1) is 0 Å². The van der Waals surface area contributed by atoms with E-state index in [0.717, 1.165) is 6.42 Å². The molecule has 0 radical (unpaired) electrons. The van der Waals surface area contributed by atoms with E-state index in [1.54, 1.807) is 37.7 Å². The fourth-order valence-corrected chi connectivity index (χ4v) is 2.30. The maximum Gasteiger partial charge on any atom is 0.166 e. The number of aliphatic hydroxyl groups is 1. The SMILES string of the molecule is COC1=C(O)C(C=NCCN=Cc2cccc(OC)c2O)=CCC1. The summed E-state index contributed by atoms with van der Waals surface area (Å²) in [4.78, 5) is 8.50. The number of rotatable bonds is 7. The fourth-order valence-electron chi connectivity index (χ4n) is 2.30. The van der Waals surface area contributed by atoms with Crippen molar-refractivity contribution in [3.63, 3.8) is 0 Å². The molecule has 0 saturated heterocycles. The third kappa shape index (κ3) is 4.38. The third-order valence-electron chi connectivity index (χ3n) is 3.59. The van der Waals surface area contributed by atoms with Crippen molar-refractivity contribution < 1.29 is 19.7 Å². The number of aliphatic imine (C=N–C) groups is 2. The first-order chi connectivity index (χ1) is 11.7. The molecule has 0 unspecified atom stereocenters. The van der Waals surface area contributed by atoms with Crippen LogP contribution >= 0.6 is 0 Å². The van der Waals surface area contributed by atoms with Crippen LogP contribution in [0.1, 0.15) is 18.4 Å². The van der Waals surface area contributed by atoms with Gasteiger partial charge in [-0.1, -0.05) is 12.1 Å². The number of ether oxygens (including phenoxy) is 2. The molecule has 1 aromatic rings. The van der Waals surface area contributed by atoms with Crippen molar-refractivity contribution >= 4 is 12.4 Å². The van der Waals surface area contributed by atoms with E-state index in [4.69, 9.17) is 9.47 Å². The lowest BCUT2D eigenvalue weighted by Gasteiger charge is -2.13. The summed E-state index contributed by atoms with van der Waals surface area (Å²) in [5.74, 6) is 1.22. The van der Waals surface area contributed by atoms with E-state index in [1.807, 2.05) is 6.08 Å². The van der Waals surface area contributed by atoms with E-state index < -0.39 is 0 Å². The highest BCUT2D eigenvalue weighted by Gasteiger charge is 2.13. The second-order valence-electron chi connectivity index (χ2n) is 5.14. The molecular formula is C18H22N2O4. The van der Waals surface area contributed by atoms with Gasteiger partial charge in [0, 0.05) is 30.0 Å². The minimum absolute atomic E-state index is 0.0711. The molecule has 0 saturated carbocycles. The molecule has 0 heterocycles. The third-order valence-corrected chi connectivity index (χ3v) is 3.59. The molecule has 6 heteroatoms. The molecule has 2 N–H and O–H groups in total. The summed E-state index contributed by atoms with van der Waals surface area (Å²) in [6, 6.07) is 5.23. The summed E-state index contributed by atoms with van der Waals surface area (Å²) in [5, 5.41) is 19.9. The van der Waals surface area contributed by atoms with Gasteiger partial charge < -0.3 is 19.7 Å². The predicted molar refractivity (Wildman–Crippen MR) is 94.5 cm³/mol. The summed E-state index contributed by atoms with van der Waals surface area (Å²) < 4.78 is 10.2. The molecular weight excluding hydrogens is 308 g/mol. The summed E-state index contributed by atoms with van der Waals surface area (Å²) in [5.41, 5.74) is 1.27. The van der Waals surface area contributed by atoms with Crippen LogP contribution in [-0.2, 0) is 4.74 Å². The highest BCUT2D eigenvalue weighted by molar-refractivity contribution is 5.85. The summed E-state index contributed by atoms with van der Waals surface area (Å²) >= 11 is 0. The number of hydrogen-bond donors (Lipinski definition) is 2. The average Bonchev–Trinajstić information content (AvgIpc) is 2.60. The number of aliphatic hydroxyl groups excluding tert-OH is 1. The van der Waals surface area contributed by atoms with Crippen LogP contribution in [-0.4, -0.2) is 50.0 Å². The van der Waals surface area contributed by atoms with Gasteiger partial charge in [0.1, 0.15) is 5.76 Å². The van der Waals surface area contributed by atoms with E-state index in [0.29, 0.717) is 42.2 Å². The number of phenolic OH excluding ortho intramolecular Hbond substituents is 1. The van der Waals surface area contributed by atoms with Crippen molar-refractivity contribution in [1.82, 2.24) is 0 Å². The van der Waals surface area contributed by atoms with Crippen LogP contribution < -0.4 is 4.74 Å². The maximum absolute atomic E-state index is 9.99. The second kappa shape index (κ2) is 8.76.